The lowest BCUT2D eigenvalue weighted by Gasteiger charge is -2.21. The van der Waals surface area contributed by atoms with Crippen molar-refractivity contribution < 1.29 is 34.4 Å². The lowest BCUT2D eigenvalue weighted by atomic mass is 9.87. The highest BCUT2D eigenvalue weighted by molar-refractivity contribution is 5.90. The van der Waals surface area contributed by atoms with Crippen LogP contribution in [-0.4, -0.2) is 58.8 Å². The number of aliphatic hydroxyl groups is 3. The molecular formula is C19H26O7. The van der Waals surface area contributed by atoms with Crippen molar-refractivity contribution in [2.75, 3.05) is 19.8 Å². The first-order valence-electron chi connectivity index (χ1n) is 8.65. The van der Waals surface area contributed by atoms with E-state index in [4.69, 9.17) is 14.6 Å². The monoisotopic (exact) mass is 366 g/mol. The average molecular weight is 366 g/mol. The quantitative estimate of drug-likeness (QED) is 0.374. The van der Waals surface area contributed by atoms with Gasteiger partial charge in [-0.05, 0) is 37.3 Å². The number of rotatable bonds is 5. The van der Waals surface area contributed by atoms with Crippen LogP contribution in [0.3, 0.4) is 0 Å². The minimum Gasteiger partial charge on any atom is -0.459 e. The normalized spacial score (nSPS) is 30.2. The zero-order valence-corrected chi connectivity index (χ0v) is 14.9. The molecule has 3 N–H and O–H groups in total. The molecular weight excluding hydrogens is 340 g/mol. The summed E-state index contributed by atoms with van der Waals surface area (Å²) in [7, 11) is 0. The Morgan fingerprint density at radius 1 is 1.38 bits per heavy atom. The van der Waals surface area contributed by atoms with Gasteiger partial charge in [0.1, 0.15) is 12.7 Å². The van der Waals surface area contributed by atoms with Crippen molar-refractivity contribution in [3.8, 4) is 0 Å². The van der Waals surface area contributed by atoms with Crippen LogP contribution in [-0.2, 0) is 19.1 Å². The van der Waals surface area contributed by atoms with Gasteiger partial charge in [0.05, 0.1) is 13.2 Å². The maximum atomic E-state index is 11.8. The lowest BCUT2D eigenvalue weighted by molar-refractivity contribution is -0.166. The first-order valence-corrected chi connectivity index (χ1v) is 8.65. The van der Waals surface area contributed by atoms with Crippen LogP contribution in [0.5, 0.6) is 0 Å². The van der Waals surface area contributed by atoms with Crippen molar-refractivity contribution in [3.63, 3.8) is 0 Å². The molecule has 0 bridgehead atoms. The summed E-state index contributed by atoms with van der Waals surface area (Å²) in [4.78, 5) is 23.6. The molecule has 1 aliphatic heterocycles. The molecule has 1 saturated heterocycles. The predicted octanol–water partition coefficient (Wildman–Crippen LogP) is 0.790. The highest BCUT2D eigenvalue weighted by Gasteiger charge is 2.38. The zero-order chi connectivity index (χ0) is 19.3. The van der Waals surface area contributed by atoms with Crippen LogP contribution in [0.25, 0.3) is 0 Å². The van der Waals surface area contributed by atoms with Crippen LogP contribution >= 0.6 is 0 Å². The molecule has 1 aliphatic carbocycles. The Labute approximate surface area is 152 Å². The maximum absolute atomic E-state index is 11.8. The molecule has 2 aliphatic rings. The van der Waals surface area contributed by atoms with Crippen molar-refractivity contribution >= 4 is 11.9 Å². The molecule has 26 heavy (non-hydrogen) atoms. The summed E-state index contributed by atoms with van der Waals surface area (Å²) in [5, 5.41) is 28.2. The highest BCUT2D eigenvalue weighted by atomic mass is 16.6. The molecule has 0 aromatic rings. The van der Waals surface area contributed by atoms with Crippen molar-refractivity contribution in [2.45, 2.75) is 44.3 Å². The number of allylic oxidation sites excluding steroid dienone is 2. The van der Waals surface area contributed by atoms with Crippen LogP contribution < -0.4 is 0 Å². The molecule has 0 unspecified atom stereocenters. The van der Waals surface area contributed by atoms with E-state index in [1.165, 1.54) is 6.92 Å². The van der Waals surface area contributed by atoms with Crippen molar-refractivity contribution in [1.29, 1.82) is 0 Å². The topological polar surface area (TPSA) is 113 Å². The third-order valence-electron chi connectivity index (χ3n) is 4.78. The Bertz CT molecular complexity index is 630. The fourth-order valence-electron chi connectivity index (χ4n) is 2.99. The van der Waals surface area contributed by atoms with Crippen molar-refractivity contribution in [3.05, 3.63) is 35.5 Å². The number of carbonyl (C=O) groups is 2. The zero-order valence-electron chi connectivity index (χ0n) is 14.9. The van der Waals surface area contributed by atoms with Gasteiger partial charge in [-0.2, -0.15) is 0 Å². The number of hydrogen-bond acceptors (Lipinski definition) is 7. The van der Waals surface area contributed by atoms with Gasteiger partial charge < -0.3 is 24.8 Å². The highest BCUT2D eigenvalue weighted by Crippen LogP contribution is 2.34. The van der Waals surface area contributed by atoms with E-state index in [0.717, 1.165) is 11.1 Å². The number of esters is 2. The van der Waals surface area contributed by atoms with Gasteiger partial charge >= 0.3 is 11.9 Å². The van der Waals surface area contributed by atoms with Gasteiger partial charge in [0, 0.05) is 17.9 Å². The minimum absolute atomic E-state index is 0.0179. The van der Waals surface area contributed by atoms with Crippen molar-refractivity contribution in [1.82, 2.24) is 0 Å². The van der Waals surface area contributed by atoms with Gasteiger partial charge in [-0.3, -0.25) is 0 Å². The van der Waals surface area contributed by atoms with E-state index in [9.17, 15) is 19.8 Å². The van der Waals surface area contributed by atoms with E-state index in [1.54, 1.807) is 0 Å². The second-order valence-corrected chi connectivity index (χ2v) is 6.94. The fourth-order valence-corrected chi connectivity index (χ4v) is 2.99. The predicted molar refractivity (Wildman–Crippen MR) is 92.9 cm³/mol. The summed E-state index contributed by atoms with van der Waals surface area (Å²) in [6, 6.07) is 0. The van der Waals surface area contributed by atoms with E-state index in [2.05, 4.69) is 6.58 Å². The van der Waals surface area contributed by atoms with E-state index < -0.39 is 24.1 Å². The van der Waals surface area contributed by atoms with Gasteiger partial charge in [-0.25, -0.2) is 9.59 Å². The van der Waals surface area contributed by atoms with Gasteiger partial charge in [-0.1, -0.05) is 18.7 Å². The third-order valence-corrected chi connectivity index (χ3v) is 4.78. The van der Waals surface area contributed by atoms with Crippen LogP contribution in [0.2, 0.25) is 0 Å². The van der Waals surface area contributed by atoms with Gasteiger partial charge in [0.2, 0.25) is 0 Å². The SMILES string of the molecule is C=C1C(=O)O[C@H]2C/C(CO)=C/CC/C(COC(=O)[C@@](C)(O)CO)=C/C[C@H]12. The minimum atomic E-state index is -1.94. The molecule has 0 radical (unpaired) electrons. The van der Waals surface area contributed by atoms with Gasteiger partial charge in [0.15, 0.2) is 5.60 Å². The first kappa shape index (κ1) is 20.4. The van der Waals surface area contributed by atoms with E-state index in [-0.39, 0.29) is 25.2 Å². The molecule has 1 heterocycles. The molecule has 7 nitrogen and oxygen atoms in total. The second kappa shape index (κ2) is 8.62. The number of ether oxygens (including phenoxy) is 2. The summed E-state index contributed by atoms with van der Waals surface area (Å²) in [5.74, 6) is -1.51. The van der Waals surface area contributed by atoms with E-state index in [0.29, 0.717) is 31.3 Å². The molecule has 0 aromatic heterocycles. The molecule has 0 aromatic carbocycles. The average Bonchev–Trinajstić information content (AvgIpc) is 2.89. The number of hydrogen-bond donors (Lipinski definition) is 3. The van der Waals surface area contributed by atoms with Crippen LogP contribution in [0.1, 0.15) is 32.6 Å². The standard InChI is InChI=1S/C19H26O7/c1-12-15-7-6-13(10-25-18(23)19(2,24)11-21)4-3-5-14(9-20)8-16(15)26-17(12)22/h5-6,15-16,20-21,24H,1,3-4,7-11H2,2H3/b13-6-,14-5-/t15-,16+,19+/m1/s1. The molecule has 144 valence electrons. The molecule has 0 spiro atoms. The molecule has 2 rings (SSSR count). The maximum Gasteiger partial charge on any atom is 0.340 e. The Morgan fingerprint density at radius 2 is 2.12 bits per heavy atom. The summed E-state index contributed by atoms with van der Waals surface area (Å²) in [5.41, 5.74) is 0.0899. The summed E-state index contributed by atoms with van der Waals surface area (Å²) in [6.45, 7) is 4.14. The number of fused-ring (bicyclic) bond motifs is 1. The van der Waals surface area contributed by atoms with Gasteiger partial charge in [-0.15, -0.1) is 0 Å². The lowest BCUT2D eigenvalue weighted by Crippen LogP contribution is -2.40. The fraction of sp³-hybridized carbons (Fsp3) is 0.579. The Balaban J connectivity index is 2.12. The van der Waals surface area contributed by atoms with Crippen LogP contribution in [0.4, 0.5) is 0 Å². The molecule has 7 heteroatoms. The second-order valence-electron chi connectivity index (χ2n) is 6.94. The molecule has 3 atom stereocenters. The summed E-state index contributed by atoms with van der Waals surface area (Å²) >= 11 is 0. The molecule has 1 fully saturated rings. The van der Waals surface area contributed by atoms with Gasteiger partial charge in [0.25, 0.3) is 0 Å². The number of carbonyl (C=O) groups excluding carboxylic acids is 2. The summed E-state index contributed by atoms with van der Waals surface area (Å²) < 4.78 is 10.5. The number of aliphatic hydroxyl groups excluding tert-OH is 2. The third kappa shape index (κ3) is 4.81. The van der Waals surface area contributed by atoms with E-state index >= 15 is 0 Å². The van der Waals surface area contributed by atoms with E-state index in [1.807, 2.05) is 12.2 Å². The van der Waals surface area contributed by atoms with Crippen molar-refractivity contribution in [2.24, 2.45) is 5.92 Å². The summed E-state index contributed by atoms with van der Waals surface area (Å²) in [6.07, 6.45) is 5.68. The Morgan fingerprint density at radius 3 is 2.77 bits per heavy atom. The smallest absolute Gasteiger partial charge is 0.340 e. The van der Waals surface area contributed by atoms with Crippen LogP contribution in [0, 0.1) is 5.92 Å². The molecule has 0 saturated carbocycles. The Kier molecular flexibility index (Phi) is 6.75. The Hall–Kier alpha value is -1.96. The van der Waals surface area contributed by atoms with Crippen LogP contribution in [0.15, 0.2) is 35.5 Å². The molecule has 0 amide bonds. The first-order chi connectivity index (χ1) is 12.3. The largest absolute Gasteiger partial charge is 0.459 e.